The number of benzene rings is 1. The smallest absolute Gasteiger partial charge is 0.116 e. The van der Waals surface area contributed by atoms with Gasteiger partial charge in [0.15, 0.2) is 0 Å². The minimum atomic E-state index is 0.321. The van der Waals surface area contributed by atoms with Crippen LogP contribution in [0.25, 0.3) is 0 Å². The lowest BCUT2D eigenvalue weighted by molar-refractivity contribution is 0.474. The van der Waals surface area contributed by atoms with Gasteiger partial charge in [-0.15, -0.1) is 11.8 Å². The van der Waals surface area contributed by atoms with Crippen molar-refractivity contribution in [3.05, 3.63) is 36.4 Å². The molecule has 0 atom stereocenters. The number of thioether (sulfide) groups is 1. The van der Waals surface area contributed by atoms with Crippen molar-refractivity contribution < 1.29 is 5.11 Å². The highest BCUT2D eigenvalue weighted by Crippen LogP contribution is 2.23. The molecule has 0 heterocycles. The fraction of sp³-hybridized carbons (Fsp3) is 0.200. The molecule has 0 aliphatic carbocycles. The van der Waals surface area contributed by atoms with E-state index in [2.05, 4.69) is 6.58 Å². The van der Waals surface area contributed by atoms with E-state index in [0.717, 1.165) is 16.2 Å². The zero-order valence-electron chi connectivity index (χ0n) is 7.08. The second-order valence-electron chi connectivity index (χ2n) is 2.74. The largest absolute Gasteiger partial charge is 0.508 e. The predicted octanol–water partition coefficient (Wildman–Crippen LogP) is 3.06. The van der Waals surface area contributed by atoms with E-state index in [-0.39, 0.29) is 0 Å². The fourth-order valence-corrected chi connectivity index (χ4v) is 1.57. The lowest BCUT2D eigenvalue weighted by atomic mass is 10.3. The Bertz CT molecular complexity index is 281. The van der Waals surface area contributed by atoms with Gasteiger partial charge in [-0.3, -0.25) is 0 Å². The van der Waals surface area contributed by atoms with Crippen molar-refractivity contribution in [2.75, 3.05) is 5.75 Å². The van der Waals surface area contributed by atoms with Crippen LogP contribution in [0, 0.1) is 0 Å². The third kappa shape index (κ3) is 3.01. The first-order chi connectivity index (χ1) is 5.68. The average molecular weight is 180 g/mol. The molecule has 0 unspecified atom stereocenters. The van der Waals surface area contributed by atoms with Gasteiger partial charge in [-0.1, -0.05) is 18.2 Å². The molecule has 1 N–H and O–H groups in total. The maximum absolute atomic E-state index is 9.14. The molecule has 0 saturated heterocycles. The Morgan fingerprint density at radius 2 is 2.33 bits per heavy atom. The van der Waals surface area contributed by atoms with Crippen molar-refractivity contribution >= 4 is 11.8 Å². The first kappa shape index (κ1) is 9.20. The van der Waals surface area contributed by atoms with Gasteiger partial charge >= 0.3 is 0 Å². The van der Waals surface area contributed by atoms with Gasteiger partial charge < -0.3 is 5.11 Å². The summed E-state index contributed by atoms with van der Waals surface area (Å²) < 4.78 is 0. The van der Waals surface area contributed by atoms with Crippen LogP contribution < -0.4 is 0 Å². The topological polar surface area (TPSA) is 20.2 Å². The quantitative estimate of drug-likeness (QED) is 0.570. The molecule has 1 aromatic rings. The van der Waals surface area contributed by atoms with Gasteiger partial charge in [0, 0.05) is 10.6 Å². The summed E-state index contributed by atoms with van der Waals surface area (Å²) in [5.74, 6) is 1.23. The molecule has 0 fully saturated rings. The summed E-state index contributed by atoms with van der Waals surface area (Å²) in [6.07, 6.45) is 0. The molecule has 2 heteroatoms. The van der Waals surface area contributed by atoms with Gasteiger partial charge in [-0.25, -0.2) is 0 Å². The molecule has 1 aromatic carbocycles. The minimum Gasteiger partial charge on any atom is -0.508 e. The Hall–Kier alpha value is -0.890. The maximum Gasteiger partial charge on any atom is 0.116 e. The molecular weight excluding hydrogens is 168 g/mol. The summed E-state index contributed by atoms with van der Waals surface area (Å²) in [4.78, 5) is 1.08. The van der Waals surface area contributed by atoms with Crippen molar-refractivity contribution in [2.45, 2.75) is 11.8 Å². The highest BCUT2D eigenvalue weighted by atomic mass is 32.2. The Morgan fingerprint density at radius 3 is 2.92 bits per heavy atom. The molecule has 0 spiro atoms. The van der Waals surface area contributed by atoms with Crippen molar-refractivity contribution in [3.63, 3.8) is 0 Å². The van der Waals surface area contributed by atoms with Crippen LogP contribution >= 0.6 is 11.8 Å². The summed E-state index contributed by atoms with van der Waals surface area (Å²) in [5.41, 5.74) is 1.14. The molecular formula is C10H12OS. The Kier molecular flexibility index (Phi) is 3.23. The molecule has 0 aromatic heterocycles. The van der Waals surface area contributed by atoms with Crippen molar-refractivity contribution in [1.82, 2.24) is 0 Å². The van der Waals surface area contributed by atoms with Gasteiger partial charge in [0.25, 0.3) is 0 Å². The molecule has 64 valence electrons. The summed E-state index contributed by atoms with van der Waals surface area (Å²) in [7, 11) is 0. The monoisotopic (exact) mass is 180 g/mol. The highest BCUT2D eigenvalue weighted by Gasteiger charge is 1.94. The van der Waals surface area contributed by atoms with Gasteiger partial charge in [-0.2, -0.15) is 0 Å². The van der Waals surface area contributed by atoms with Gasteiger partial charge in [0.05, 0.1) is 0 Å². The standard InChI is InChI=1S/C10H12OS/c1-8(2)7-12-10-5-3-4-9(11)6-10/h3-6,11H,1,7H2,2H3. The van der Waals surface area contributed by atoms with Crippen LogP contribution in [0.2, 0.25) is 0 Å². The van der Waals surface area contributed by atoms with Crippen LogP contribution in [0.1, 0.15) is 6.92 Å². The Labute approximate surface area is 77.1 Å². The van der Waals surface area contributed by atoms with E-state index >= 15 is 0 Å². The van der Waals surface area contributed by atoms with Crippen molar-refractivity contribution in [1.29, 1.82) is 0 Å². The van der Waals surface area contributed by atoms with Crippen LogP contribution in [-0.4, -0.2) is 10.9 Å². The zero-order valence-corrected chi connectivity index (χ0v) is 7.90. The van der Waals surface area contributed by atoms with E-state index in [1.807, 2.05) is 19.1 Å². The summed E-state index contributed by atoms with van der Waals surface area (Å²) in [6, 6.07) is 7.25. The average Bonchev–Trinajstić information content (AvgIpc) is 2.01. The number of phenolic OH excluding ortho intramolecular Hbond substituents is 1. The Balaban J connectivity index is 2.57. The van der Waals surface area contributed by atoms with E-state index in [9.17, 15) is 0 Å². The molecule has 0 saturated carbocycles. The normalized spacial score (nSPS) is 9.75. The first-order valence-electron chi connectivity index (χ1n) is 3.74. The Morgan fingerprint density at radius 1 is 1.58 bits per heavy atom. The number of rotatable bonds is 3. The third-order valence-corrected chi connectivity index (χ3v) is 2.53. The first-order valence-corrected chi connectivity index (χ1v) is 4.73. The molecule has 0 aliphatic rings. The summed E-state index contributed by atoms with van der Waals surface area (Å²) >= 11 is 1.68. The highest BCUT2D eigenvalue weighted by molar-refractivity contribution is 7.99. The number of hydrogen-bond acceptors (Lipinski definition) is 2. The molecule has 0 aliphatic heterocycles. The van der Waals surface area contributed by atoms with Crippen LogP contribution in [0.5, 0.6) is 5.75 Å². The molecule has 1 nitrogen and oxygen atoms in total. The fourth-order valence-electron chi connectivity index (χ4n) is 0.780. The predicted molar refractivity (Wildman–Crippen MR) is 53.6 cm³/mol. The molecule has 0 amide bonds. The molecule has 1 rings (SSSR count). The van der Waals surface area contributed by atoms with Gasteiger partial charge in [0.1, 0.15) is 5.75 Å². The van der Waals surface area contributed by atoms with Crippen LogP contribution in [0.3, 0.4) is 0 Å². The van der Waals surface area contributed by atoms with Crippen LogP contribution in [0.15, 0.2) is 41.3 Å². The molecule has 12 heavy (non-hydrogen) atoms. The number of aromatic hydroxyl groups is 1. The SMILES string of the molecule is C=C(C)CSc1cccc(O)c1. The lowest BCUT2D eigenvalue weighted by Crippen LogP contribution is -1.78. The summed E-state index contributed by atoms with van der Waals surface area (Å²) in [5, 5.41) is 9.14. The van der Waals surface area contributed by atoms with Crippen LogP contribution in [0.4, 0.5) is 0 Å². The second-order valence-corrected chi connectivity index (χ2v) is 3.79. The summed E-state index contributed by atoms with van der Waals surface area (Å²) in [6.45, 7) is 5.81. The maximum atomic E-state index is 9.14. The number of phenols is 1. The number of hydrogen-bond donors (Lipinski definition) is 1. The van der Waals surface area contributed by atoms with Gasteiger partial charge in [-0.05, 0) is 25.1 Å². The van der Waals surface area contributed by atoms with Crippen molar-refractivity contribution in [2.24, 2.45) is 0 Å². The minimum absolute atomic E-state index is 0.321. The van der Waals surface area contributed by atoms with E-state index in [1.54, 1.807) is 23.9 Å². The van der Waals surface area contributed by atoms with E-state index in [4.69, 9.17) is 5.11 Å². The van der Waals surface area contributed by atoms with E-state index in [1.165, 1.54) is 0 Å². The lowest BCUT2D eigenvalue weighted by Gasteiger charge is -2.00. The van der Waals surface area contributed by atoms with Gasteiger partial charge in [0.2, 0.25) is 0 Å². The van der Waals surface area contributed by atoms with Crippen LogP contribution in [-0.2, 0) is 0 Å². The molecule has 0 radical (unpaired) electrons. The van der Waals surface area contributed by atoms with Crippen molar-refractivity contribution in [3.8, 4) is 5.75 Å². The second kappa shape index (κ2) is 4.21. The van der Waals surface area contributed by atoms with E-state index in [0.29, 0.717) is 5.75 Å². The van der Waals surface area contributed by atoms with E-state index < -0.39 is 0 Å². The zero-order chi connectivity index (χ0) is 8.97. The third-order valence-electron chi connectivity index (χ3n) is 1.30. The molecule has 0 bridgehead atoms.